The Labute approximate surface area is 116 Å². The van der Waals surface area contributed by atoms with Crippen LogP contribution in [0, 0.1) is 5.41 Å². The summed E-state index contributed by atoms with van der Waals surface area (Å²) in [6, 6.07) is 0. The van der Waals surface area contributed by atoms with Crippen molar-refractivity contribution in [3.63, 3.8) is 0 Å². The summed E-state index contributed by atoms with van der Waals surface area (Å²) in [7, 11) is 1.76. The topological polar surface area (TPSA) is 58.6 Å². The fraction of sp³-hybridized carbons (Fsp3) is 0.857. The standard InChI is InChI=1S/C14H28N2O3/c1-5-6-7-8-13(18)15-12-16(4)19-10-9-14(2,3)11-17/h11H,5-10,12H2,1-4H3,(H,15,18). The Hall–Kier alpha value is -0.940. The monoisotopic (exact) mass is 272 g/mol. The first-order valence-corrected chi connectivity index (χ1v) is 6.98. The average Bonchev–Trinajstić information content (AvgIpc) is 2.36. The number of hydrogen-bond acceptors (Lipinski definition) is 4. The highest BCUT2D eigenvalue weighted by molar-refractivity contribution is 5.75. The van der Waals surface area contributed by atoms with E-state index in [0.717, 1.165) is 25.5 Å². The fourth-order valence-electron chi connectivity index (χ4n) is 1.39. The minimum atomic E-state index is -0.357. The lowest BCUT2D eigenvalue weighted by Gasteiger charge is -2.21. The summed E-state index contributed by atoms with van der Waals surface area (Å²) >= 11 is 0. The summed E-state index contributed by atoms with van der Waals surface area (Å²) in [6.45, 7) is 6.69. The maximum Gasteiger partial charge on any atom is 0.221 e. The molecule has 112 valence electrons. The largest absolute Gasteiger partial charge is 0.341 e. The van der Waals surface area contributed by atoms with Crippen molar-refractivity contribution >= 4 is 12.2 Å². The van der Waals surface area contributed by atoms with E-state index in [0.29, 0.717) is 26.1 Å². The molecule has 0 aromatic carbocycles. The van der Waals surface area contributed by atoms with Gasteiger partial charge in [0.05, 0.1) is 13.3 Å². The molecule has 0 atom stereocenters. The molecule has 0 aliphatic rings. The van der Waals surface area contributed by atoms with Gasteiger partial charge in [0, 0.05) is 18.9 Å². The van der Waals surface area contributed by atoms with Crippen molar-refractivity contribution in [2.24, 2.45) is 5.41 Å². The van der Waals surface area contributed by atoms with Crippen molar-refractivity contribution in [2.45, 2.75) is 52.9 Å². The van der Waals surface area contributed by atoms with Gasteiger partial charge in [-0.1, -0.05) is 33.6 Å². The maximum atomic E-state index is 11.5. The Morgan fingerprint density at radius 2 is 2.05 bits per heavy atom. The van der Waals surface area contributed by atoms with E-state index in [4.69, 9.17) is 4.84 Å². The maximum absolute atomic E-state index is 11.5. The molecule has 0 aromatic rings. The first-order chi connectivity index (χ1) is 8.91. The summed E-state index contributed by atoms with van der Waals surface area (Å²) in [5, 5.41) is 4.38. The second kappa shape index (κ2) is 9.92. The first kappa shape index (κ1) is 18.1. The molecule has 0 saturated carbocycles. The summed E-state index contributed by atoms with van der Waals surface area (Å²) in [4.78, 5) is 27.6. The molecule has 0 heterocycles. The minimum Gasteiger partial charge on any atom is -0.341 e. The van der Waals surface area contributed by atoms with Crippen molar-refractivity contribution in [3.8, 4) is 0 Å². The summed E-state index contributed by atoms with van der Waals surface area (Å²) < 4.78 is 0. The zero-order valence-corrected chi connectivity index (χ0v) is 12.7. The van der Waals surface area contributed by atoms with E-state index in [2.05, 4.69) is 12.2 Å². The molecule has 0 bridgehead atoms. The predicted octanol–water partition coefficient (Wildman–Crippen LogP) is 2.12. The van der Waals surface area contributed by atoms with Crippen LogP contribution in [-0.4, -0.2) is 37.6 Å². The molecule has 0 radical (unpaired) electrons. The van der Waals surface area contributed by atoms with Gasteiger partial charge in [0.25, 0.3) is 0 Å². The van der Waals surface area contributed by atoms with Crippen molar-refractivity contribution < 1.29 is 14.4 Å². The smallest absolute Gasteiger partial charge is 0.221 e. The highest BCUT2D eigenvalue weighted by Crippen LogP contribution is 2.16. The molecule has 5 nitrogen and oxygen atoms in total. The molecule has 0 aliphatic heterocycles. The van der Waals surface area contributed by atoms with E-state index in [1.54, 1.807) is 12.1 Å². The molecule has 19 heavy (non-hydrogen) atoms. The third-order valence-electron chi connectivity index (χ3n) is 2.88. The summed E-state index contributed by atoms with van der Waals surface area (Å²) in [5.74, 6) is 0.0529. The molecule has 0 spiro atoms. The van der Waals surface area contributed by atoms with E-state index < -0.39 is 0 Å². The van der Waals surface area contributed by atoms with Crippen LogP contribution in [0.3, 0.4) is 0 Å². The molecular formula is C14H28N2O3. The van der Waals surface area contributed by atoms with Gasteiger partial charge >= 0.3 is 0 Å². The van der Waals surface area contributed by atoms with Gasteiger partial charge in [0.15, 0.2) is 0 Å². The Kier molecular flexibility index (Phi) is 9.43. The average molecular weight is 272 g/mol. The number of amides is 1. The van der Waals surface area contributed by atoms with Gasteiger partial charge in [-0.2, -0.15) is 5.06 Å². The van der Waals surface area contributed by atoms with E-state index in [-0.39, 0.29) is 11.3 Å². The Morgan fingerprint density at radius 1 is 1.37 bits per heavy atom. The van der Waals surface area contributed by atoms with Gasteiger partial charge in [-0.15, -0.1) is 0 Å². The first-order valence-electron chi connectivity index (χ1n) is 6.98. The van der Waals surface area contributed by atoms with Gasteiger partial charge < -0.3 is 10.1 Å². The van der Waals surface area contributed by atoms with Crippen LogP contribution in [-0.2, 0) is 14.4 Å². The van der Waals surface area contributed by atoms with Crippen LogP contribution in [0.4, 0.5) is 0 Å². The fourth-order valence-corrected chi connectivity index (χ4v) is 1.39. The number of rotatable bonds is 11. The van der Waals surface area contributed by atoms with Crippen LogP contribution in [0.25, 0.3) is 0 Å². The van der Waals surface area contributed by atoms with Crippen LogP contribution in [0.5, 0.6) is 0 Å². The lowest BCUT2D eigenvalue weighted by molar-refractivity contribution is -0.155. The minimum absolute atomic E-state index is 0.0529. The second-order valence-electron chi connectivity index (χ2n) is 5.53. The van der Waals surface area contributed by atoms with Crippen LogP contribution >= 0.6 is 0 Å². The third kappa shape index (κ3) is 10.7. The molecule has 0 rings (SSSR count). The van der Waals surface area contributed by atoms with Gasteiger partial charge in [0.2, 0.25) is 5.91 Å². The van der Waals surface area contributed by atoms with Crippen LogP contribution in [0.15, 0.2) is 0 Å². The van der Waals surface area contributed by atoms with Crippen molar-refractivity contribution in [1.29, 1.82) is 0 Å². The molecular weight excluding hydrogens is 244 g/mol. The number of nitrogens with zero attached hydrogens (tertiary/aromatic N) is 1. The Balaban J connectivity index is 3.61. The van der Waals surface area contributed by atoms with Crippen LogP contribution in [0.2, 0.25) is 0 Å². The number of unbranched alkanes of at least 4 members (excludes halogenated alkanes) is 2. The van der Waals surface area contributed by atoms with E-state index in [9.17, 15) is 9.59 Å². The third-order valence-corrected chi connectivity index (χ3v) is 2.88. The molecule has 0 aromatic heterocycles. The normalized spacial score (nSPS) is 11.6. The number of hydrogen-bond donors (Lipinski definition) is 1. The molecule has 5 heteroatoms. The predicted molar refractivity (Wildman–Crippen MR) is 75.3 cm³/mol. The second-order valence-corrected chi connectivity index (χ2v) is 5.53. The zero-order valence-electron chi connectivity index (χ0n) is 12.7. The van der Waals surface area contributed by atoms with Crippen molar-refractivity contribution in [1.82, 2.24) is 10.4 Å². The van der Waals surface area contributed by atoms with Crippen molar-refractivity contribution in [3.05, 3.63) is 0 Å². The van der Waals surface area contributed by atoms with Gasteiger partial charge in [0.1, 0.15) is 6.29 Å². The van der Waals surface area contributed by atoms with Gasteiger partial charge in [-0.25, -0.2) is 0 Å². The number of carbonyl (C=O) groups is 2. The highest BCUT2D eigenvalue weighted by Gasteiger charge is 2.16. The van der Waals surface area contributed by atoms with E-state index >= 15 is 0 Å². The molecule has 0 aliphatic carbocycles. The lowest BCUT2D eigenvalue weighted by atomic mass is 9.92. The molecule has 0 unspecified atom stereocenters. The number of hydroxylamine groups is 2. The molecule has 1 amide bonds. The number of carbonyl (C=O) groups excluding carboxylic acids is 2. The lowest BCUT2D eigenvalue weighted by Crippen LogP contribution is -2.35. The van der Waals surface area contributed by atoms with Crippen molar-refractivity contribution in [2.75, 3.05) is 20.3 Å². The molecule has 1 N–H and O–H groups in total. The quantitative estimate of drug-likeness (QED) is 0.271. The summed E-state index contributed by atoms with van der Waals surface area (Å²) in [5.41, 5.74) is -0.357. The van der Waals surface area contributed by atoms with E-state index in [1.807, 2.05) is 13.8 Å². The zero-order chi connectivity index (χ0) is 14.7. The Bertz CT molecular complexity index is 267. The highest BCUT2D eigenvalue weighted by atomic mass is 16.7. The number of nitrogens with one attached hydrogen (secondary N) is 1. The molecule has 0 saturated heterocycles. The van der Waals surface area contributed by atoms with Crippen LogP contribution in [0.1, 0.15) is 52.9 Å². The Morgan fingerprint density at radius 3 is 2.63 bits per heavy atom. The van der Waals surface area contributed by atoms with Gasteiger partial charge in [-0.3, -0.25) is 9.63 Å². The molecule has 0 fully saturated rings. The van der Waals surface area contributed by atoms with E-state index in [1.165, 1.54) is 0 Å². The summed E-state index contributed by atoms with van der Waals surface area (Å²) in [6.07, 6.45) is 5.29. The van der Waals surface area contributed by atoms with Gasteiger partial charge in [-0.05, 0) is 12.8 Å². The van der Waals surface area contributed by atoms with Crippen LogP contribution < -0.4 is 5.32 Å². The number of aldehydes is 1. The SMILES string of the molecule is CCCCCC(=O)NCN(C)OCCC(C)(C)C=O.